The number of aliphatic carboxylic acids is 1. The highest BCUT2D eigenvalue weighted by molar-refractivity contribution is 7.89. The topological polar surface area (TPSA) is 118 Å². The third-order valence-corrected chi connectivity index (χ3v) is 5.00. The van der Waals surface area contributed by atoms with E-state index in [4.69, 9.17) is 21.8 Å². The first kappa shape index (κ1) is 17.7. The summed E-state index contributed by atoms with van der Waals surface area (Å²) in [5.74, 6) is -2.13. The van der Waals surface area contributed by atoms with Crippen LogP contribution in [0.1, 0.15) is 24.4 Å². The molecule has 1 heterocycles. The number of carboxylic acids is 1. The quantitative estimate of drug-likeness (QED) is 0.784. The van der Waals surface area contributed by atoms with Gasteiger partial charge in [-0.05, 0) is 11.6 Å². The van der Waals surface area contributed by atoms with Crippen LogP contribution in [0, 0.1) is 5.92 Å². The van der Waals surface area contributed by atoms with Gasteiger partial charge in [0.15, 0.2) is 0 Å². The Morgan fingerprint density at radius 3 is 2.65 bits per heavy atom. The molecule has 23 heavy (non-hydrogen) atoms. The summed E-state index contributed by atoms with van der Waals surface area (Å²) in [5, 5.41) is 14.5. The number of amides is 1. The number of hydrogen-bond donors (Lipinski definition) is 2. The van der Waals surface area contributed by atoms with Gasteiger partial charge in [-0.25, -0.2) is 13.6 Å². The molecule has 1 amide bonds. The zero-order valence-corrected chi connectivity index (χ0v) is 13.8. The van der Waals surface area contributed by atoms with Crippen LogP contribution in [0.15, 0.2) is 24.3 Å². The van der Waals surface area contributed by atoms with Crippen LogP contribution in [0.2, 0.25) is 5.02 Å². The molecule has 1 saturated heterocycles. The van der Waals surface area contributed by atoms with Crippen molar-refractivity contribution >= 4 is 33.5 Å². The van der Waals surface area contributed by atoms with Gasteiger partial charge in [0.05, 0.1) is 18.2 Å². The number of hydrogen-bond acceptors (Lipinski definition) is 4. The highest BCUT2D eigenvalue weighted by Gasteiger charge is 2.37. The molecule has 9 heteroatoms. The van der Waals surface area contributed by atoms with E-state index < -0.39 is 28.0 Å². The van der Waals surface area contributed by atoms with E-state index in [0.29, 0.717) is 10.6 Å². The highest BCUT2D eigenvalue weighted by Crippen LogP contribution is 2.34. The second-order valence-electron chi connectivity index (χ2n) is 5.58. The van der Waals surface area contributed by atoms with Crippen LogP contribution in [0.4, 0.5) is 0 Å². The number of nitrogens with two attached hydrogens (primary N) is 1. The normalized spacial score (nSPS) is 19.8. The smallest absolute Gasteiger partial charge is 0.305 e. The fraction of sp³-hybridized carbons (Fsp3) is 0.429. The van der Waals surface area contributed by atoms with E-state index in [1.165, 1.54) is 4.90 Å². The number of sulfonamides is 1. The average molecular weight is 361 g/mol. The molecule has 1 aromatic rings. The number of primary sulfonamides is 1. The van der Waals surface area contributed by atoms with Gasteiger partial charge in [0.2, 0.25) is 15.9 Å². The molecule has 3 N–H and O–H groups in total. The number of halogens is 1. The number of benzene rings is 1. The van der Waals surface area contributed by atoms with E-state index in [2.05, 4.69) is 0 Å². The van der Waals surface area contributed by atoms with Crippen LogP contribution in [-0.2, 0) is 19.6 Å². The average Bonchev–Trinajstić information content (AvgIpc) is 2.75. The molecule has 1 aliphatic rings. The summed E-state index contributed by atoms with van der Waals surface area (Å²) in [6.45, 7) is 0.137. The van der Waals surface area contributed by atoms with Gasteiger partial charge < -0.3 is 10.0 Å². The van der Waals surface area contributed by atoms with E-state index in [0.717, 1.165) is 0 Å². The monoisotopic (exact) mass is 360 g/mol. The van der Waals surface area contributed by atoms with E-state index >= 15 is 0 Å². The minimum atomic E-state index is -3.70. The van der Waals surface area contributed by atoms with Gasteiger partial charge in [0.25, 0.3) is 0 Å². The van der Waals surface area contributed by atoms with Crippen molar-refractivity contribution in [3.8, 4) is 0 Å². The third kappa shape index (κ3) is 4.66. The summed E-state index contributed by atoms with van der Waals surface area (Å²) in [5.41, 5.74) is 0.529. The standard InChI is InChI=1S/C14H17ClN2O5S/c15-11-4-2-1-3-10(11)12(6-14(19)20)17-7-9(5-13(17)18)8-23(16,21)22/h1-4,9,12H,5-8H2,(H,19,20)(H2,16,21,22). The van der Waals surface area contributed by atoms with Crippen molar-refractivity contribution in [2.24, 2.45) is 11.1 Å². The lowest BCUT2D eigenvalue weighted by molar-refractivity contribution is -0.139. The SMILES string of the molecule is NS(=O)(=O)CC1CC(=O)N(C(CC(=O)O)c2ccccc2Cl)C1. The van der Waals surface area contributed by atoms with E-state index in [9.17, 15) is 18.0 Å². The second-order valence-corrected chi connectivity index (χ2v) is 7.65. The Balaban J connectivity index is 2.28. The van der Waals surface area contributed by atoms with Crippen LogP contribution >= 0.6 is 11.6 Å². The zero-order valence-electron chi connectivity index (χ0n) is 12.2. The summed E-state index contributed by atoms with van der Waals surface area (Å²) in [6.07, 6.45) is -0.283. The number of carbonyl (C=O) groups excluding carboxylic acids is 1. The molecule has 1 fully saturated rings. The summed E-state index contributed by atoms with van der Waals surface area (Å²) < 4.78 is 22.4. The molecule has 1 aromatic carbocycles. The minimum Gasteiger partial charge on any atom is -0.481 e. The first-order valence-corrected chi connectivity index (χ1v) is 9.03. The van der Waals surface area contributed by atoms with Crippen molar-refractivity contribution in [1.82, 2.24) is 4.90 Å². The molecule has 0 aromatic heterocycles. The van der Waals surface area contributed by atoms with Gasteiger partial charge in [-0.3, -0.25) is 9.59 Å². The Morgan fingerprint density at radius 2 is 2.09 bits per heavy atom. The number of nitrogens with zero attached hydrogens (tertiary/aromatic N) is 1. The van der Waals surface area contributed by atoms with Crippen molar-refractivity contribution in [2.75, 3.05) is 12.3 Å². The first-order valence-electron chi connectivity index (χ1n) is 6.93. The minimum absolute atomic E-state index is 0.0248. The van der Waals surface area contributed by atoms with Gasteiger partial charge in [-0.2, -0.15) is 0 Å². The lowest BCUT2D eigenvalue weighted by Crippen LogP contribution is -2.33. The number of carboxylic acid groups (broad SMARTS) is 1. The molecule has 0 aliphatic carbocycles. The first-order chi connectivity index (χ1) is 10.7. The molecule has 126 valence electrons. The number of rotatable bonds is 6. The molecular weight excluding hydrogens is 344 g/mol. The van der Waals surface area contributed by atoms with Crippen molar-refractivity contribution in [2.45, 2.75) is 18.9 Å². The maximum Gasteiger partial charge on any atom is 0.305 e. The number of carbonyl (C=O) groups is 2. The second kappa shape index (κ2) is 6.86. The van der Waals surface area contributed by atoms with Gasteiger partial charge >= 0.3 is 5.97 Å². The predicted octanol–water partition coefficient (Wildman–Crippen LogP) is 0.993. The Kier molecular flexibility index (Phi) is 5.28. The molecule has 0 spiro atoms. The predicted molar refractivity (Wildman–Crippen MR) is 84.2 cm³/mol. The molecule has 2 unspecified atom stereocenters. The van der Waals surface area contributed by atoms with Gasteiger partial charge in [0, 0.05) is 23.9 Å². The lowest BCUT2D eigenvalue weighted by atomic mass is 10.0. The zero-order chi connectivity index (χ0) is 17.2. The molecule has 7 nitrogen and oxygen atoms in total. The maximum atomic E-state index is 12.2. The van der Waals surface area contributed by atoms with Crippen LogP contribution < -0.4 is 5.14 Å². The van der Waals surface area contributed by atoms with Crippen molar-refractivity contribution in [3.63, 3.8) is 0 Å². The van der Waals surface area contributed by atoms with E-state index in [1.54, 1.807) is 24.3 Å². The molecule has 0 saturated carbocycles. The molecule has 2 rings (SSSR count). The highest BCUT2D eigenvalue weighted by atomic mass is 35.5. The molecule has 2 atom stereocenters. The lowest BCUT2D eigenvalue weighted by Gasteiger charge is -2.28. The molecular formula is C14H17ClN2O5S. The van der Waals surface area contributed by atoms with E-state index in [1.807, 2.05) is 0 Å². The van der Waals surface area contributed by atoms with Gasteiger partial charge in [0.1, 0.15) is 0 Å². The van der Waals surface area contributed by atoms with Crippen LogP contribution in [0.5, 0.6) is 0 Å². The Hall–Kier alpha value is -1.64. The van der Waals surface area contributed by atoms with Crippen LogP contribution in [-0.4, -0.2) is 42.6 Å². The summed E-state index contributed by atoms with van der Waals surface area (Å²) >= 11 is 6.12. The Labute approximate surface area is 139 Å². The van der Waals surface area contributed by atoms with Crippen molar-refractivity contribution < 1.29 is 23.1 Å². The fourth-order valence-corrected chi connectivity index (χ4v) is 3.99. The number of likely N-dealkylation sites (tertiary alicyclic amines) is 1. The fourth-order valence-electron chi connectivity index (χ4n) is 2.85. The molecule has 0 bridgehead atoms. The van der Waals surface area contributed by atoms with Gasteiger partial charge in [-0.1, -0.05) is 29.8 Å². The summed E-state index contributed by atoms with van der Waals surface area (Å²) in [7, 11) is -3.70. The maximum absolute atomic E-state index is 12.2. The van der Waals surface area contributed by atoms with Crippen molar-refractivity contribution in [1.29, 1.82) is 0 Å². The summed E-state index contributed by atoms with van der Waals surface area (Å²) in [4.78, 5) is 24.8. The van der Waals surface area contributed by atoms with Crippen LogP contribution in [0.3, 0.4) is 0 Å². The third-order valence-electron chi connectivity index (χ3n) is 3.71. The Morgan fingerprint density at radius 1 is 1.43 bits per heavy atom. The van der Waals surface area contributed by atoms with E-state index in [-0.39, 0.29) is 31.0 Å². The van der Waals surface area contributed by atoms with Gasteiger partial charge in [-0.15, -0.1) is 0 Å². The largest absolute Gasteiger partial charge is 0.481 e. The van der Waals surface area contributed by atoms with Crippen molar-refractivity contribution in [3.05, 3.63) is 34.9 Å². The van der Waals surface area contributed by atoms with Crippen LogP contribution in [0.25, 0.3) is 0 Å². The summed E-state index contributed by atoms with van der Waals surface area (Å²) in [6, 6.07) is 5.96. The molecule has 1 aliphatic heterocycles. The Bertz CT molecular complexity index is 722. The molecule has 0 radical (unpaired) electrons.